The molecule has 1 aromatic rings. The molecule has 0 heterocycles. The van der Waals surface area contributed by atoms with Gasteiger partial charge in [-0.1, -0.05) is 30.3 Å². The highest BCUT2D eigenvalue weighted by atomic mass is 16.4. The smallest absolute Gasteiger partial charge is 0.408 e. The van der Waals surface area contributed by atoms with Gasteiger partial charge in [0.05, 0.1) is 0 Å². The van der Waals surface area contributed by atoms with Gasteiger partial charge in [0.25, 0.3) is 0 Å². The molecule has 0 atom stereocenters. The van der Waals surface area contributed by atoms with E-state index in [2.05, 4.69) is 0 Å². The van der Waals surface area contributed by atoms with Crippen molar-refractivity contribution in [3.8, 4) is 0 Å². The highest BCUT2D eigenvalue weighted by Gasteiger charge is 2.30. The summed E-state index contributed by atoms with van der Waals surface area (Å²) in [6.45, 7) is 4.23. The van der Waals surface area contributed by atoms with Gasteiger partial charge in [-0.2, -0.15) is 0 Å². The van der Waals surface area contributed by atoms with Gasteiger partial charge in [-0.3, -0.25) is 4.90 Å². The molecule has 4 heteroatoms. The van der Waals surface area contributed by atoms with Crippen LogP contribution in [0.15, 0.2) is 30.3 Å². The minimum atomic E-state index is -0.929. The Labute approximate surface area is 108 Å². The van der Waals surface area contributed by atoms with Crippen LogP contribution in [0, 0.1) is 0 Å². The van der Waals surface area contributed by atoms with E-state index in [9.17, 15) is 9.90 Å². The fraction of sp³-hybridized carbons (Fsp3) is 0.500. The molecule has 1 rings (SSSR count). The summed E-state index contributed by atoms with van der Waals surface area (Å²) in [7, 11) is 0. The van der Waals surface area contributed by atoms with Gasteiger partial charge in [-0.15, -0.1) is 0 Å². The molecule has 0 spiro atoms. The molecule has 1 aromatic carbocycles. The summed E-state index contributed by atoms with van der Waals surface area (Å²) in [4.78, 5) is 12.8. The first-order chi connectivity index (χ1) is 8.47. The molecule has 0 aliphatic carbocycles. The van der Waals surface area contributed by atoms with Crippen molar-refractivity contribution < 1.29 is 15.0 Å². The summed E-state index contributed by atoms with van der Waals surface area (Å²) in [6, 6.07) is 9.54. The van der Waals surface area contributed by atoms with Crippen LogP contribution in [0.5, 0.6) is 0 Å². The monoisotopic (exact) mass is 251 g/mol. The van der Waals surface area contributed by atoms with E-state index in [0.29, 0.717) is 19.4 Å². The molecule has 0 radical (unpaired) electrons. The van der Waals surface area contributed by atoms with Crippen LogP contribution < -0.4 is 0 Å². The van der Waals surface area contributed by atoms with Crippen LogP contribution in [-0.4, -0.2) is 33.4 Å². The lowest BCUT2D eigenvalue weighted by Crippen LogP contribution is -2.46. The quantitative estimate of drug-likeness (QED) is 0.817. The Kier molecular flexibility index (Phi) is 5.16. The summed E-state index contributed by atoms with van der Waals surface area (Å²) < 4.78 is 0. The molecule has 4 nitrogen and oxygen atoms in total. The number of hydrogen-bond donors (Lipinski definition) is 2. The van der Waals surface area contributed by atoms with E-state index in [1.807, 2.05) is 44.2 Å². The highest BCUT2D eigenvalue weighted by Crippen LogP contribution is 2.23. The van der Waals surface area contributed by atoms with Crippen LogP contribution in [0.3, 0.4) is 0 Å². The van der Waals surface area contributed by atoms with Gasteiger partial charge in [0.1, 0.15) is 0 Å². The first-order valence-electron chi connectivity index (χ1n) is 6.13. The SMILES string of the molecule is CC(C)(CCCO)N(Cc1ccccc1)C(=O)O. The number of hydrogen-bond acceptors (Lipinski definition) is 2. The maximum Gasteiger partial charge on any atom is 0.408 e. The maximum absolute atomic E-state index is 11.4. The van der Waals surface area contributed by atoms with Gasteiger partial charge in [0.2, 0.25) is 0 Å². The number of aliphatic hydroxyl groups excluding tert-OH is 1. The number of rotatable bonds is 6. The first kappa shape index (κ1) is 14.5. The average molecular weight is 251 g/mol. The lowest BCUT2D eigenvalue weighted by Gasteiger charge is -2.36. The van der Waals surface area contributed by atoms with Crippen molar-refractivity contribution in [1.29, 1.82) is 0 Å². The molecule has 2 N–H and O–H groups in total. The number of aliphatic hydroxyl groups is 1. The van der Waals surface area contributed by atoms with E-state index in [4.69, 9.17) is 5.11 Å². The number of nitrogens with zero attached hydrogens (tertiary/aromatic N) is 1. The Bertz CT molecular complexity index is 376. The third-order valence-corrected chi connectivity index (χ3v) is 3.09. The number of carboxylic acid groups (broad SMARTS) is 1. The molecular formula is C14H21NO3. The second-order valence-electron chi connectivity index (χ2n) is 4.99. The van der Waals surface area contributed by atoms with Crippen molar-refractivity contribution in [2.24, 2.45) is 0 Å². The summed E-state index contributed by atoms with van der Waals surface area (Å²) in [5, 5.41) is 18.2. The highest BCUT2D eigenvalue weighted by molar-refractivity contribution is 5.66. The van der Waals surface area contributed by atoms with Crippen LogP contribution in [0.4, 0.5) is 4.79 Å². The van der Waals surface area contributed by atoms with E-state index in [1.165, 1.54) is 4.90 Å². The molecule has 100 valence electrons. The fourth-order valence-corrected chi connectivity index (χ4v) is 1.95. The standard InChI is InChI=1S/C14H21NO3/c1-14(2,9-6-10-16)15(13(17)18)11-12-7-4-3-5-8-12/h3-5,7-8,16H,6,9-11H2,1-2H3,(H,17,18). The minimum absolute atomic E-state index is 0.0855. The average Bonchev–Trinajstić information content (AvgIpc) is 2.34. The first-order valence-corrected chi connectivity index (χ1v) is 6.13. The second-order valence-corrected chi connectivity index (χ2v) is 4.99. The van der Waals surface area contributed by atoms with Crippen molar-refractivity contribution >= 4 is 6.09 Å². The van der Waals surface area contributed by atoms with Crippen molar-refractivity contribution in [2.75, 3.05) is 6.61 Å². The molecule has 0 bridgehead atoms. The Morgan fingerprint density at radius 3 is 2.39 bits per heavy atom. The largest absolute Gasteiger partial charge is 0.465 e. The lowest BCUT2D eigenvalue weighted by molar-refractivity contribution is 0.0781. The third-order valence-electron chi connectivity index (χ3n) is 3.09. The molecule has 0 saturated carbocycles. The van der Waals surface area contributed by atoms with Crippen LogP contribution >= 0.6 is 0 Å². The van der Waals surface area contributed by atoms with Crippen LogP contribution in [0.2, 0.25) is 0 Å². The maximum atomic E-state index is 11.4. The predicted octanol–water partition coefficient (Wildman–Crippen LogP) is 2.72. The molecule has 18 heavy (non-hydrogen) atoms. The summed E-state index contributed by atoms with van der Waals surface area (Å²) in [5.41, 5.74) is 0.488. The summed E-state index contributed by atoms with van der Waals surface area (Å²) in [6.07, 6.45) is 0.315. The lowest BCUT2D eigenvalue weighted by atomic mass is 9.96. The van der Waals surface area contributed by atoms with E-state index in [1.54, 1.807) is 0 Å². The molecule has 0 saturated heterocycles. The van der Waals surface area contributed by atoms with Gasteiger partial charge in [-0.25, -0.2) is 4.79 Å². The van der Waals surface area contributed by atoms with Gasteiger partial charge in [0, 0.05) is 18.7 Å². The van der Waals surface area contributed by atoms with Crippen molar-refractivity contribution in [1.82, 2.24) is 4.90 Å². The van der Waals surface area contributed by atoms with E-state index < -0.39 is 11.6 Å². The summed E-state index contributed by atoms with van der Waals surface area (Å²) in [5.74, 6) is 0. The fourth-order valence-electron chi connectivity index (χ4n) is 1.95. The van der Waals surface area contributed by atoms with E-state index in [-0.39, 0.29) is 6.61 Å². The second kappa shape index (κ2) is 6.40. The zero-order valence-corrected chi connectivity index (χ0v) is 11.0. The van der Waals surface area contributed by atoms with E-state index in [0.717, 1.165) is 5.56 Å². The van der Waals surface area contributed by atoms with Crippen LogP contribution in [0.1, 0.15) is 32.3 Å². The molecule has 0 fully saturated rings. The zero-order chi connectivity index (χ0) is 13.6. The topological polar surface area (TPSA) is 60.8 Å². The van der Waals surface area contributed by atoms with Gasteiger partial charge in [-0.05, 0) is 32.3 Å². The Morgan fingerprint density at radius 1 is 1.28 bits per heavy atom. The van der Waals surface area contributed by atoms with Gasteiger partial charge in [0.15, 0.2) is 0 Å². The third kappa shape index (κ3) is 4.04. The molecule has 0 unspecified atom stereocenters. The van der Waals surface area contributed by atoms with Crippen LogP contribution in [0.25, 0.3) is 0 Å². The summed E-state index contributed by atoms with van der Waals surface area (Å²) >= 11 is 0. The predicted molar refractivity (Wildman–Crippen MR) is 70.4 cm³/mol. The van der Waals surface area contributed by atoms with E-state index >= 15 is 0 Å². The number of amides is 1. The Hall–Kier alpha value is -1.55. The van der Waals surface area contributed by atoms with Crippen molar-refractivity contribution in [3.63, 3.8) is 0 Å². The zero-order valence-electron chi connectivity index (χ0n) is 11.0. The van der Waals surface area contributed by atoms with Crippen LogP contribution in [-0.2, 0) is 6.54 Å². The number of benzene rings is 1. The van der Waals surface area contributed by atoms with Gasteiger partial charge < -0.3 is 10.2 Å². The number of carbonyl (C=O) groups is 1. The molecule has 0 aliphatic rings. The minimum Gasteiger partial charge on any atom is -0.465 e. The molecule has 0 aromatic heterocycles. The Balaban J connectivity index is 2.79. The normalized spacial score (nSPS) is 11.3. The van der Waals surface area contributed by atoms with Crippen molar-refractivity contribution in [2.45, 2.75) is 38.8 Å². The molecule has 1 amide bonds. The Morgan fingerprint density at radius 2 is 1.89 bits per heavy atom. The van der Waals surface area contributed by atoms with Gasteiger partial charge >= 0.3 is 6.09 Å². The molecular weight excluding hydrogens is 230 g/mol. The molecule has 0 aliphatic heterocycles. The van der Waals surface area contributed by atoms with Crippen molar-refractivity contribution in [3.05, 3.63) is 35.9 Å².